The molecule has 1 rings (SSSR count). The van der Waals surface area contributed by atoms with Gasteiger partial charge in [0.1, 0.15) is 0 Å². The predicted octanol–water partition coefficient (Wildman–Crippen LogP) is 2.19. The maximum Gasteiger partial charge on any atom is 0.223 e. The van der Waals surface area contributed by atoms with Crippen LogP contribution in [0.25, 0.3) is 0 Å². The summed E-state index contributed by atoms with van der Waals surface area (Å²) in [6.07, 6.45) is 3.75. The maximum atomic E-state index is 11.4. The first-order valence-corrected chi connectivity index (χ1v) is 6.12. The zero-order chi connectivity index (χ0) is 11.7. The van der Waals surface area contributed by atoms with Crippen molar-refractivity contribution in [3.63, 3.8) is 0 Å². The molecule has 0 aromatic carbocycles. The summed E-state index contributed by atoms with van der Waals surface area (Å²) in [7, 11) is 0. The monoisotopic (exact) mass is 217 g/mol. The number of carbonyl (C=O) groups excluding carboxylic acids is 1. The Morgan fingerprint density at radius 1 is 1.40 bits per heavy atom. The third-order valence-electron chi connectivity index (χ3n) is 2.63. The molecule has 1 fully saturated rings. The van der Waals surface area contributed by atoms with E-state index >= 15 is 0 Å². The molecule has 1 aliphatic carbocycles. The Hall–Kier alpha value is -0.570. The van der Waals surface area contributed by atoms with Crippen LogP contribution in [0.3, 0.4) is 0 Å². The molecule has 0 bridgehead atoms. The van der Waals surface area contributed by atoms with E-state index in [-0.39, 0.29) is 19.9 Å². The van der Waals surface area contributed by atoms with Gasteiger partial charge in [0.2, 0.25) is 5.91 Å². The van der Waals surface area contributed by atoms with Gasteiger partial charge in [-0.25, -0.2) is 0 Å². The Labute approximate surface area is 94.7 Å². The molecule has 3 heteroatoms. The van der Waals surface area contributed by atoms with Crippen molar-refractivity contribution in [2.75, 3.05) is 13.2 Å². The molecule has 0 aromatic heterocycles. The largest absolute Gasteiger partial charge is 0.396 e. The average molecular weight is 217 g/mol. The average Bonchev–Trinajstić information content (AvgIpc) is 2.22. The smallest absolute Gasteiger partial charge is 0.223 e. The lowest BCUT2D eigenvalue weighted by atomic mass is 9.76. The van der Waals surface area contributed by atoms with Crippen LogP contribution in [0.2, 0.25) is 0 Å². The van der Waals surface area contributed by atoms with Crippen molar-refractivity contribution in [1.82, 2.24) is 5.32 Å². The van der Waals surface area contributed by atoms with E-state index in [1.165, 1.54) is 0 Å². The molecule has 1 saturated carbocycles. The minimum absolute atomic E-state index is 0. The first kappa shape index (κ1) is 14.4. The van der Waals surface area contributed by atoms with Crippen molar-refractivity contribution >= 4 is 5.91 Å². The predicted molar refractivity (Wildman–Crippen MR) is 64.7 cm³/mol. The number of aliphatic hydroxyl groups is 1. The third-order valence-corrected chi connectivity index (χ3v) is 2.63. The van der Waals surface area contributed by atoms with Gasteiger partial charge in [-0.15, -0.1) is 0 Å². The number of unbranched alkanes of at least 4 members (excludes halogenated alkanes) is 1. The lowest BCUT2D eigenvalue weighted by molar-refractivity contribution is -0.128. The van der Waals surface area contributed by atoms with Crippen molar-refractivity contribution in [1.29, 1.82) is 0 Å². The highest BCUT2D eigenvalue weighted by atomic mass is 16.2. The van der Waals surface area contributed by atoms with E-state index in [0.29, 0.717) is 6.54 Å². The van der Waals surface area contributed by atoms with Crippen LogP contribution in [-0.2, 0) is 4.79 Å². The van der Waals surface area contributed by atoms with Gasteiger partial charge in [-0.3, -0.25) is 4.79 Å². The highest BCUT2D eigenvalue weighted by molar-refractivity contribution is 5.79. The zero-order valence-electron chi connectivity index (χ0n) is 10.3. The number of aliphatic hydroxyl groups excluding tert-OH is 1. The summed E-state index contributed by atoms with van der Waals surface area (Å²) in [5.74, 6) is 1.20. The molecule has 1 amide bonds. The van der Waals surface area contributed by atoms with Gasteiger partial charge in [0.05, 0.1) is 0 Å². The van der Waals surface area contributed by atoms with Crippen LogP contribution < -0.4 is 5.32 Å². The molecule has 0 radical (unpaired) electrons. The summed E-state index contributed by atoms with van der Waals surface area (Å²) in [6.45, 7) is 7.11. The third kappa shape index (κ3) is 5.78. The minimum Gasteiger partial charge on any atom is -0.396 e. The van der Waals surface area contributed by atoms with Crippen LogP contribution in [0.15, 0.2) is 0 Å². The number of amides is 1. The number of hydrogen-bond acceptors (Lipinski definition) is 2. The van der Waals surface area contributed by atoms with Crippen molar-refractivity contribution in [3.05, 3.63) is 0 Å². The van der Waals surface area contributed by atoms with Crippen LogP contribution >= 0.6 is 0 Å². The van der Waals surface area contributed by atoms with E-state index in [2.05, 4.69) is 12.2 Å². The van der Waals surface area contributed by atoms with Gasteiger partial charge in [0.25, 0.3) is 0 Å². The number of nitrogens with one attached hydrogen (secondary N) is 1. The van der Waals surface area contributed by atoms with E-state index in [1.807, 2.05) is 13.8 Å². The zero-order valence-corrected chi connectivity index (χ0v) is 10.3. The van der Waals surface area contributed by atoms with Gasteiger partial charge in [-0.2, -0.15) is 0 Å². The van der Waals surface area contributed by atoms with E-state index in [4.69, 9.17) is 5.11 Å². The van der Waals surface area contributed by atoms with Gasteiger partial charge in [-0.05, 0) is 31.6 Å². The molecule has 0 unspecified atom stereocenters. The molecular weight excluding hydrogens is 190 g/mol. The standard InChI is InChI=1S/C10H19NO2.C2H6.H2/c1-8-6-9(7-8)10(13)11-4-2-3-5-12;1-2;/h8-9,12H,2-7H2,1H3,(H,11,13);1-2H3;1H. The second-order valence-electron chi connectivity index (χ2n) is 4.00. The van der Waals surface area contributed by atoms with Crippen LogP contribution in [0.4, 0.5) is 0 Å². The van der Waals surface area contributed by atoms with E-state index in [0.717, 1.165) is 31.6 Å². The molecule has 0 saturated heterocycles. The highest BCUT2D eigenvalue weighted by Crippen LogP contribution is 2.32. The van der Waals surface area contributed by atoms with Gasteiger partial charge in [-0.1, -0.05) is 20.8 Å². The molecule has 92 valence electrons. The maximum absolute atomic E-state index is 11.4. The number of hydrogen-bond donors (Lipinski definition) is 2. The quantitative estimate of drug-likeness (QED) is 0.694. The molecule has 0 heterocycles. The van der Waals surface area contributed by atoms with Crippen LogP contribution in [0.1, 0.15) is 47.9 Å². The van der Waals surface area contributed by atoms with Crippen molar-refractivity contribution in [2.45, 2.75) is 46.5 Å². The molecule has 2 N–H and O–H groups in total. The normalized spacial score (nSPS) is 23.5. The Bertz CT molecular complexity index is 170. The van der Waals surface area contributed by atoms with E-state index in [1.54, 1.807) is 0 Å². The Balaban J connectivity index is 0. The summed E-state index contributed by atoms with van der Waals surface area (Å²) in [6, 6.07) is 0. The van der Waals surface area contributed by atoms with Gasteiger partial charge < -0.3 is 10.4 Å². The number of carbonyl (C=O) groups is 1. The van der Waals surface area contributed by atoms with Gasteiger partial charge in [0.15, 0.2) is 0 Å². The van der Waals surface area contributed by atoms with Crippen LogP contribution in [-0.4, -0.2) is 24.2 Å². The summed E-state index contributed by atoms with van der Waals surface area (Å²) in [5.41, 5.74) is 0. The lowest BCUT2D eigenvalue weighted by Gasteiger charge is -2.31. The lowest BCUT2D eigenvalue weighted by Crippen LogP contribution is -2.38. The second-order valence-corrected chi connectivity index (χ2v) is 4.00. The Kier molecular flexibility index (Phi) is 8.38. The topological polar surface area (TPSA) is 49.3 Å². The first-order valence-electron chi connectivity index (χ1n) is 6.12. The fourth-order valence-corrected chi connectivity index (χ4v) is 1.71. The molecule has 3 nitrogen and oxygen atoms in total. The molecule has 0 atom stereocenters. The van der Waals surface area contributed by atoms with E-state index in [9.17, 15) is 4.79 Å². The molecular formula is C12H27NO2. The summed E-state index contributed by atoms with van der Waals surface area (Å²) < 4.78 is 0. The Morgan fingerprint density at radius 2 is 2.00 bits per heavy atom. The van der Waals surface area contributed by atoms with Crippen LogP contribution in [0.5, 0.6) is 0 Å². The van der Waals surface area contributed by atoms with Gasteiger partial charge in [0, 0.05) is 20.5 Å². The van der Waals surface area contributed by atoms with E-state index < -0.39 is 0 Å². The molecule has 15 heavy (non-hydrogen) atoms. The molecule has 0 aromatic rings. The molecule has 1 aliphatic rings. The minimum atomic E-state index is 0. The second kappa shape index (κ2) is 8.72. The summed E-state index contributed by atoms with van der Waals surface area (Å²) in [5, 5.41) is 11.4. The van der Waals surface area contributed by atoms with Crippen molar-refractivity contribution < 1.29 is 11.3 Å². The summed E-state index contributed by atoms with van der Waals surface area (Å²) >= 11 is 0. The van der Waals surface area contributed by atoms with Crippen LogP contribution in [0, 0.1) is 11.8 Å². The summed E-state index contributed by atoms with van der Waals surface area (Å²) in [4.78, 5) is 11.4. The fourth-order valence-electron chi connectivity index (χ4n) is 1.71. The number of rotatable bonds is 5. The SMILES string of the molecule is CC.CC1CC(C(=O)NCCCCO)C1.[HH]. The fraction of sp³-hybridized carbons (Fsp3) is 0.917. The highest BCUT2D eigenvalue weighted by Gasteiger charge is 2.30. The molecule has 0 spiro atoms. The Morgan fingerprint density at radius 3 is 2.47 bits per heavy atom. The van der Waals surface area contributed by atoms with Crippen molar-refractivity contribution in [3.8, 4) is 0 Å². The van der Waals surface area contributed by atoms with Gasteiger partial charge >= 0.3 is 0 Å². The first-order chi connectivity index (χ1) is 7.24. The van der Waals surface area contributed by atoms with Crippen molar-refractivity contribution in [2.24, 2.45) is 11.8 Å². The molecule has 0 aliphatic heterocycles.